The largest absolute Gasteiger partial charge is 0.477 e. The van der Waals surface area contributed by atoms with Crippen LogP contribution >= 0.6 is 0 Å². The van der Waals surface area contributed by atoms with Gasteiger partial charge in [0.2, 0.25) is 5.88 Å². The van der Waals surface area contributed by atoms with Crippen molar-refractivity contribution in [1.29, 1.82) is 0 Å². The van der Waals surface area contributed by atoms with Gasteiger partial charge in [-0.05, 0) is 12.5 Å². The van der Waals surface area contributed by atoms with Gasteiger partial charge in [-0.2, -0.15) is 0 Å². The van der Waals surface area contributed by atoms with Crippen molar-refractivity contribution in [3.63, 3.8) is 0 Å². The Morgan fingerprint density at radius 2 is 2.32 bits per heavy atom. The summed E-state index contributed by atoms with van der Waals surface area (Å²) in [6.45, 7) is 1.42. The van der Waals surface area contributed by atoms with Crippen LogP contribution in [0, 0.1) is 10.8 Å². The fourth-order valence-corrected chi connectivity index (χ4v) is 2.46. The molecule has 0 aromatic carbocycles. The van der Waals surface area contributed by atoms with Gasteiger partial charge in [0.25, 0.3) is 0 Å². The van der Waals surface area contributed by atoms with Crippen LogP contribution in [0.4, 0.5) is 0 Å². The third-order valence-corrected chi connectivity index (χ3v) is 3.61. The molecular formula is C14H14N4O4. The standard InChI is InChI=1S/C14H14N4O4/c19-14(22-17-20)11-1-3-16-13(8-11)21-9-10-2-5-18-6-4-15-12(18)7-10/h1,3-4,6,8,10H,2,5,7,9H2. The molecule has 0 N–H and O–H groups in total. The van der Waals surface area contributed by atoms with E-state index in [9.17, 15) is 9.70 Å². The van der Waals surface area contributed by atoms with Gasteiger partial charge < -0.3 is 9.30 Å². The van der Waals surface area contributed by atoms with Crippen LogP contribution in [0.25, 0.3) is 0 Å². The number of aryl methyl sites for hydroxylation is 1. The van der Waals surface area contributed by atoms with Crippen molar-refractivity contribution in [3.8, 4) is 5.88 Å². The number of carbonyl (C=O) groups is 1. The molecule has 0 saturated heterocycles. The summed E-state index contributed by atoms with van der Waals surface area (Å²) in [5, 5.41) is 2.11. The van der Waals surface area contributed by atoms with Gasteiger partial charge in [0.15, 0.2) is 5.34 Å². The zero-order chi connectivity index (χ0) is 15.4. The maximum absolute atomic E-state index is 11.4. The number of aromatic nitrogens is 3. The predicted octanol–water partition coefficient (Wildman–Crippen LogP) is 1.76. The lowest BCUT2D eigenvalue weighted by atomic mass is 9.99. The van der Waals surface area contributed by atoms with E-state index in [1.165, 1.54) is 18.3 Å². The summed E-state index contributed by atoms with van der Waals surface area (Å²) in [5.41, 5.74) is 0.170. The number of nitrogens with zero attached hydrogens (tertiary/aromatic N) is 4. The van der Waals surface area contributed by atoms with Gasteiger partial charge in [0.05, 0.1) is 12.2 Å². The van der Waals surface area contributed by atoms with Crippen molar-refractivity contribution < 1.29 is 14.4 Å². The van der Waals surface area contributed by atoms with Crippen LogP contribution in [0.2, 0.25) is 0 Å². The lowest BCUT2D eigenvalue weighted by Crippen LogP contribution is -2.24. The summed E-state index contributed by atoms with van der Waals surface area (Å²) in [4.78, 5) is 33.7. The fraction of sp³-hybridized carbons (Fsp3) is 0.357. The highest BCUT2D eigenvalue weighted by Crippen LogP contribution is 2.20. The van der Waals surface area contributed by atoms with Crippen LogP contribution in [0.3, 0.4) is 0 Å². The van der Waals surface area contributed by atoms with Gasteiger partial charge in [-0.25, -0.2) is 14.8 Å². The minimum Gasteiger partial charge on any atom is -0.477 e. The lowest BCUT2D eigenvalue weighted by molar-refractivity contribution is 0.0507. The fourth-order valence-electron chi connectivity index (χ4n) is 2.46. The van der Waals surface area contributed by atoms with Crippen LogP contribution in [0.15, 0.2) is 36.1 Å². The Labute approximate surface area is 126 Å². The first-order valence-corrected chi connectivity index (χ1v) is 6.89. The summed E-state index contributed by atoms with van der Waals surface area (Å²) in [6, 6.07) is 2.86. The Hall–Kier alpha value is -2.77. The highest BCUT2D eigenvalue weighted by Gasteiger charge is 2.20. The van der Waals surface area contributed by atoms with E-state index < -0.39 is 5.97 Å². The summed E-state index contributed by atoms with van der Waals surface area (Å²) in [5.74, 6) is 0.891. The quantitative estimate of drug-likeness (QED) is 0.617. The maximum atomic E-state index is 11.4. The SMILES string of the molecule is O=NOC(=O)c1ccnc(OCC2CCn3ccnc3C2)c1. The van der Waals surface area contributed by atoms with E-state index in [0.29, 0.717) is 18.4 Å². The normalized spacial score (nSPS) is 16.6. The Kier molecular flexibility index (Phi) is 4.08. The molecule has 22 heavy (non-hydrogen) atoms. The Morgan fingerprint density at radius 3 is 3.18 bits per heavy atom. The van der Waals surface area contributed by atoms with E-state index in [2.05, 4.69) is 24.7 Å². The van der Waals surface area contributed by atoms with Crippen molar-refractivity contribution in [3.05, 3.63) is 47.0 Å². The zero-order valence-corrected chi connectivity index (χ0v) is 11.7. The number of carbonyl (C=O) groups excluding carboxylic acids is 1. The Bertz CT molecular complexity index is 685. The monoisotopic (exact) mass is 302 g/mol. The second-order valence-electron chi connectivity index (χ2n) is 5.04. The Morgan fingerprint density at radius 1 is 1.41 bits per heavy atom. The van der Waals surface area contributed by atoms with E-state index in [0.717, 1.165) is 25.2 Å². The van der Waals surface area contributed by atoms with E-state index in [1.54, 1.807) is 6.20 Å². The number of hydrogen-bond acceptors (Lipinski definition) is 7. The number of rotatable bonds is 5. The molecule has 3 rings (SSSR count). The van der Waals surface area contributed by atoms with Crippen LogP contribution in [0.5, 0.6) is 5.88 Å². The lowest BCUT2D eigenvalue weighted by Gasteiger charge is -2.23. The summed E-state index contributed by atoms with van der Waals surface area (Å²) in [6.07, 6.45) is 7.05. The van der Waals surface area contributed by atoms with Crippen molar-refractivity contribution in [2.24, 2.45) is 11.3 Å². The van der Waals surface area contributed by atoms with Crippen molar-refractivity contribution in [2.45, 2.75) is 19.4 Å². The van der Waals surface area contributed by atoms with Gasteiger partial charge in [-0.15, -0.1) is 4.91 Å². The van der Waals surface area contributed by atoms with E-state index in [4.69, 9.17) is 4.74 Å². The van der Waals surface area contributed by atoms with E-state index in [1.807, 2.05) is 6.20 Å². The van der Waals surface area contributed by atoms with E-state index >= 15 is 0 Å². The third-order valence-electron chi connectivity index (χ3n) is 3.61. The smallest absolute Gasteiger partial charge is 0.369 e. The molecule has 3 heterocycles. The van der Waals surface area contributed by atoms with Gasteiger partial charge >= 0.3 is 5.97 Å². The number of imidazole rings is 1. The van der Waals surface area contributed by atoms with Gasteiger partial charge in [0, 0.05) is 43.5 Å². The summed E-state index contributed by atoms with van der Waals surface area (Å²) in [7, 11) is 0. The second-order valence-corrected chi connectivity index (χ2v) is 5.04. The molecule has 8 heteroatoms. The maximum Gasteiger partial charge on any atom is 0.369 e. The first-order chi connectivity index (χ1) is 10.8. The molecule has 1 aliphatic rings. The second kappa shape index (κ2) is 6.33. The third kappa shape index (κ3) is 3.11. The topological polar surface area (TPSA) is 95.7 Å². The molecule has 0 fully saturated rings. The molecule has 1 unspecified atom stereocenters. The molecule has 114 valence electrons. The number of fused-ring (bicyclic) bond motifs is 1. The minimum absolute atomic E-state index is 0.170. The number of pyridine rings is 1. The zero-order valence-electron chi connectivity index (χ0n) is 11.7. The van der Waals surface area contributed by atoms with Crippen molar-refractivity contribution >= 4 is 5.97 Å². The Balaban J connectivity index is 1.59. The molecule has 0 radical (unpaired) electrons. The molecule has 0 amide bonds. The van der Waals surface area contributed by atoms with Gasteiger partial charge in [0.1, 0.15) is 5.82 Å². The first-order valence-electron chi connectivity index (χ1n) is 6.89. The number of hydrogen-bond donors (Lipinski definition) is 0. The highest BCUT2D eigenvalue weighted by atomic mass is 16.7. The van der Waals surface area contributed by atoms with Crippen molar-refractivity contribution in [1.82, 2.24) is 14.5 Å². The van der Waals surface area contributed by atoms with Gasteiger partial charge in [-0.3, -0.25) is 4.84 Å². The van der Waals surface area contributed by atoms with E-state index in [-0.39, 0.29) is 5.56 Å². The molecule has 0 spiro atoms. The molecule has 2 aromatic heterocycles. The molecule has 1 aliphatic heterocycles. The van der Waals surface area contributed by atoms with Crippen LogP contribution in [-0.2, 0) is 17.8 Å². The highest BCUT2D eigenvalue weighted by molar-refractivity contribution is 5.89. The first kappa shape index (κ1) is 14.2. The minimum atomic E-state index is -0.832. The van der Waals surface area contributed by atoms with Crippen LogP contribution in [0.1, 0.15) is 22.6 Å². The molecule has 2 aromatic rings. The molecule has 1 atom stereocenters. The molecular weight excluding hydrogens is 288 g/mol. The predicted molar refractivity (Wildman–Crippen MR) is 75.0 cm³/mol. The average molecular weight is 302 g/mol. The molecule has 0 saturated carbocycles. The van der Waals surface area contributed by atoms with Crippen LogP contribution < -0.4 is 4.74 Å². The molecule has 0 aliphatic carbocycles. The number of ether oxygens (including phenoxy) is 1. The van der Waals surface area contributed by atoms with Gasteiger partial charge in [-0.1, -0.05) is 0 Å². The summed E-state index contributed by atoms with van der Waals surface area (Å²) >= 11 is 0. The average Bonchev–Trinajstić information content (AvgIpc) is 3.01. The molecule has 8 nitrogen and oxygen atoms in total. The van der Waals surface area contributed by atoms with Crippen LogP contribution in [-0.4, -0.2) is 27.1 Å². The van der Waals surface area contributed by atoms with Crippen molar-refractivity contribution in [2.75, 3.05) is 6.61 Å². The summed E-state index contributed by atoms with van der Waals surface area (Å²) < 4.78 is 7.78. The molecule has 0 bridgehead atoms.